The summed E-state index contributed by atoms with van der Waals surface area (Å²) in [7, 11) is 0. The molecule has 1 aromatic carbocycles. The zero-order valence-corrected chi connectivity index (χ0v) is 15.5. The van der Waals surface area contributed by atoms with E-state index in [1.165, 1.54) is 22.0 Å². The van der Waals surface area contributed by atoms with Crippen molar-refractivity contribution in [3.63, 3.8) is 0 Å². The minimum Gasteiger partial charge on any atom is -0.542 e. The van der Waals surface area contributed by atoms with Crippen LogP contribution in [0.4, 0.5) is 0 Å². The molecule has 1 aliphatic rings. The number of carbonyl (C=O) groups excluding carboxylic acids is 1. The summed E-state index contributed by atoms with van der Waals surface area (Å²) in [5.74, 6) is 0. The molecule has 0 fully saturated rings. The number of aryl methyl sites for hydroxylation is 1. The van der Waals surface area contributed by atoms with E-state index in [1.807, 2.05) is 6.29 Å². The third-order valence-corrected chi connectivity index (χ3v) is 4.52. The van der Waals surface area contributed by atoms with Crippen molar-refractivity contribution in [2.45, 2.75) is 45.1 Å². The van der Waals surface area contributed by atoms with Crippen LogP contribution < -0.4 is 0 Å². The third kappa shape index (κ3) is 2.64. The maximum Gasteiger partial charge on any atom is 0.0843 e. The van der Waals surface area contributed by atoms with Crippen molar-refractivity contribution < 1.29 is 42.2 Å². The van der Waals surface area contributed by atoms with Gasteiger partial charge in [-0.05, 0) is 30.4 Å². The van der Waals surface area contributed by atoms with Gasteiger partial charge >= 0.3 is 0 Å². The van der Waals surface area contributed by atoms with E-state index in [0.29, 0.717) is 13.0 Å². The van der Waals surface area contributed by atoms with E-state index in [9.17, 15) is 4.79 Å². The normalized spacial score (nSPS) is 20.9. The fraction of sp³-hybridized carbons (Fsp3) is 0.471. The molecule has 0 bridgehead atoms. The molecule has 0 spiro atoms. The van der Waals surface area contributed by atoms with Crippen molar-refractivity contribution in [2.75, 3.05) is 6.61 Å². The number of para-hydroxylation sites is 1. The van der Waals surface area contributed by atoms with E-state index in [2.05, 4.69) is 37.0 Å². The van der Waals surface area contributed by atoms with Crippen LogP contribution in [0.5, 0.6) is 0 Å². The van der Waals surface area contributed by atoms with Crippen LogP contribution in [0.15, 0.2) is 18.2 Å². The summed E-state index contributed by atoms with van der Waals surface area (Å²) < 4.78 is 5.99. The molecule has 1 atom stereocenters. The second-order valence-electron chi connectivity index (χ2n) is 5.44. The molecule has 4 heteroatoms. The van der Waals surface area contributed by atoms with Crippen LogP contribution in [-0.2, 0) is 60.7 Å². The summed E-state index contributed by atoms with van der Waals surface area (Å²) in [6.07, 6.45) is 5.03. The standard InChI is InChI=1S/C17H20NO2.Y/c1-3-12-6-5-7-13-14-8-11-20-17(4-2,9-10-19)16(14)18-15(12)13;/h5-7,18H,3-4,8-9,11H2,1-2H3;/q-1;. The Bertz CT molecular complexity index is 650. The van der Waals surface area contributed by atoms with Gasteiger partial charge in [0.2, 0.25) is 0 Å². The molecule has 0 saturated heterocycles. The molecule has 0 amide bonds. The number of hydrogen-bond donors (Lipinski definition) is 1. The number of H-pyrrole nitrogens is 1. The van der Waals surface area contributed by atoms with Crippen LogP contribution in [0.25, 0.3) is 10.9 Å². The van der Waals surface area contributed by atoms with Crippen molar-refractivity contribution in [1.82, 2.24) is 4.98 Å². The van der Waals surface area contributed by atoms with E-state index in [1.54, 1.807) is 0 Å². The smallest absolute Gasteiger partial charge is 0.0843 e. The number of aromatic amines is 1. The van der Waals surface area contributed by atoms with Crippen LogP contribution in [0.1, 0.15) is 43.5 Å². The first-order valence-corrected chi connectivity index (χ1v) is 7.37. The summed E-state index contributed by atoms with van der Waals surface area (Å²) in [5, 5.41) is 1.28. The second kappa shape index (κ2) is 6.72. The molecule has 1 unspecified atom stereocenters. The minimum absolute atomic E-state index is 0. The quantitative estimate of drug-likeness (QED) is 0.851. The average molecular weight is 359 g/mol. The Labute approximate surface area is 150 Å². The SMILES string of the molecule is CCc1cccc2c3c([nH]c12)C(CC)(C[C-]=O)OCC3.[Y]. The summed E-state index contributed by atoms with van der Waals surface area (Å²) in [4.78, 5) is 14.5. The van der Waals surface area contributed by atoms with Gasteiger partial charge in [-0.2, -0.15) is 0 Å². The fourth-order valence-electron chi connectivity index (χ4n) is 3.36. The van der Waals surface area contributed by atoms with Crippen molar-refractivity contribution in [1.29, 1.82) is 0 Å². The molecular weight excluding hydrogens is 339 g/mol. The summed E-state index contributed by atoms with van der Waals surface area (Å²) >= 11 is 0. The zero-order valence-electron chi connectivity index (χ0n) is 12.7. The molecule has 3 nitrogen and oxygen atoms in total. The Balaban J connectivity index is 0.00000161. The Morgan fingerprint density at radius 2 is 2.19 bits per heavy atom. The maximum absolute atomic E-state index is 11.0. The van der Waals surface area contributed by atoms with E-state index >= 15 is 0 Å². The number of nitrogens with one attached hydrogen (secondary N) is 1. The first-order chi connectivity index (χ1) is 9.75. The van der Waals surface area contributed by atoms with Crippen LogP contribution in [-0.4, -0.2) is 17.9 Å². The van der Waals surface area contributed by atoms with Gasteiger partial charge in [-0.1, -0.05) is 32.0 Å². The van der Waals surface area contributed by atoms with E-state index in [4.69, 9.17) is 4.74 Å². The summed E-state index contributed by atoms with van der Waals surface area (Å²) in [6.45, 7) is 4.90. The number of rotatable bonds is 4. The van der Waals surface area contributed by atoms with Gasteiger partial charge in [0.05, 0.1) is 12.2 Å². The van der Waals surface area contributed by atoms with Crippen LogP contribution in [0, 0.1) is 0 Å². The Morgan fingerprint density at radius 3 is 2.86 bits per heavy atom. The largest absolute Gasteiger partial charge is 0.542 e. The number of hydrogen-bond acceptors (Lipinski definition) is 2. The molecule has 3 rings (SSSR count). The van der Waals surface area contributed by atoms with Crippen molar-refractivity contribution in [3.8, 4) is 0 Å². The first kappa shape index (κ1) is 16.9. The summed E-state index contributed by atoms with van der Waals surface area (Å²) in [5.41, 5.74) is 4.41. The van der Waals surface area contributed by atoms with Gasteiger partial charge in [0, 0.05) is 49.3 Å². The molecule has 109 valence electrons. The molecule has 2 aromatic rings. The van der Waals surface area contributed by atoms with E-state index in [-0.39, 0.29) is 32.7 Å². The number of fused-ring (bicyclic) bond motifs is 3. The van der Waals surface area contributed by atoms with Gasteiger partial charge in [0.25, 0.3) is 0 Å². The van der Waals surface area contributed by atoms with Gasteiger partial charge in [0.15, 0.2) is 0 Å². The number of aromatic nitrogens is 1. The molecular formula is C17H20NO2Y-. The molecule has 1 aliphatic heterocycles. The topological polar surface area (TPSA) is 42.1 Å². The van der Waals surface area contributed by atoms with Gasteiger partial charge in [0.1, 0.15) is 0 Å². The molecule has 1 N–H and O–H groups in total. The maximum atomic E-state index is 11.0. The first-order valence-electron chi connectivity index (χ1n) is 7.37. The van der Waals surface area contributed by atoms with E-state index in [0.717, 1.165) is 25.0 Å². The predicted octanol–water partition coefficient (Wildman–Crippen LogP) is 3.41. The molecule has 0 saturated carbocycles. The van der Waals surface area contributed by atoms with Gasteiger partial charge in [-0.15, -0.1) is 6.42 Å². The van der Waals surface area contributed by atoms with Crippen molar-refractivity contribution in [3.05, 3.63) is 35.0 Å². The summed E-state index contributed by atoms with van der Waals surface area (Å²) in [6, 6.07) is 6.44. The molecule has 2 heterocycles. The number of ether oxygens (including phenoxy) is 1. The van der Waals surface area contributed by atoms with Crippen LogP contribution in [0.3, 0.4) is 0 Å². The molecule has 0 aliphatic carbocycles. The van der Waals surface area contributed by atoms with Crippen molar-refractivity contribution >= 4 is 17.2 Å². The Hall–Kier alpha value is -0.506. The van der Waals surface area contributed by atoms with Gasteiger partial charge in [-0.25, -0.2) is 0 Å². The van der Waals surface area contributed by atoms with Crippen LogP contribution in [0.2, 0.25) is 0 Å². The second-order valence-corrected chi connectivity index (χ2v) is 5.44. The zero-order chi connectivity index (χ0) is 14.2. The van der Waals surface area contributed by atoms with E-state index < -0.39 is 5.60 Å². The van der Waals surface area contributed by atoms with Crippen molar-refractivity contribution in [2.24, 2.45) is 0 Å². The predicted molar refractivity (Wildman–Crippen MR) is 79.6 cm³/mol. The van der Waals surface area contributed by atoms with Crippen LogP contribution >= 0.6 is 0 Å². The molecule has 1 aromatic heterocycles. The minimum atomic E-state index is -0.515. The van der Waals surface area contributed by atoms with Gasteiger partial charge < -0.3 is 14.5 Å². The fourth-order valence-corrected chi connectivity index (χ4v) is 3.36. The Morgan fingerprint density at radius 1 is 1.38 bits per heavy atom. The molecule has 21 heavy (non-hydrogen) atoms. The Kier molecular flexibility index (Phi) is 5.40. The van der Waals surface area contributed by atoms with Gasteiger partial charge in [-0.3, -0.25) is 6.29 Å². The average Bonchev–Trinajstić information content (AvgIpc) is 2.87. The molecule has 1 radical (unpaired) electrons. The monoisotopic (exact) mass is 359 g/mol. The number of benzene rings is 1. The third-order valence-electron chi connectivity index (χ3n) is 4.52.